The van der Waals surface area contributed by atoms with Crippen molar-refractivity contribution in [2.24, 2.45) is 5.92 Å². The zero-order valence-electron chi connectivity index (χ0n) is 20.2. The molecule has 4 rings (SSSR count). The fourth-order valence-corrected chi connectivity index (χ4v) is 6.47. The van der Waals surface area contributed by atoms with E-state index in [2.05, 4.69) is 15.5 Å². The molecule has 0 aliphatic carbocycles. The highest BCUT2D eigenvalue weighted by molar-refractivity contribution is 7.92. The van der Waals surface area contributed by atoms with Crippen LogP contribution >= 0.6 is 0 Å². The molecule has 2 heterocycles. The van der Waals surface area contributed by atoms with Gasteiger partial charge in [-0.25, -0.2) is 16.8 Å². The third-order valence-corrected chi connectivity index (χ3v) is 10.2. The first-order valence-electron chi connectivity index (χ1n) is 11.5. The Bertz CT molecular complexity index is 1460. The van der Waals surface area contributed by atoms with Crippen LogP contribution in [-0.4, -0.2) is 55.6 Å². The van der Waals surface area contributed by atoms with Gasteiger partial charge in [0.15, 0.2) is 9.84 Å². The molecule has 0 bridgehead atoms. The first-order chi connectivity index (χ1) is 17.0. The largest absolute Gasteiger partial charge is 0.403 e. The number of benzene rings is 2. The van der Waals surface area contributed by atoms with E-state index in [1.54, 1.807) is 50.2 Å². The van der Waals surface area contributed by atoms with Crippen LogP contribution in [0.4, 0.5) is 6.01 Å². The van der Waals surface area contributed by atoms with Crippen molar-refractivity contribution in [1.29, 1.82) is 0 Å². The number of carbonyl (C=O) groups excluding carboxylic acids is 1. The van der Waals surface area contributed by atoms with E-state index in [9.17, 15) is 21.6 Å². The monoisotopic (exact) mass is 532 g/mol. The van der Waals surface area contributed by atoms with Crippen LogP contribution < -0.4 is 5.32 Å². The minimum atomic E-state index is -3.62. The van der Waals surface area contributed by atoms with Gasteiger partial charge in [-0.1, -0.05) is 28.9 Å². The molecule has 0 spiro atoms. The van der Waals surface area contributed by atoms with E-state index in [0.29, 0.717) is 18.4 Å². The lowest BCUT2D eigenvalue weighted by molar-refractivity contribution is -0.121. The second-order valence-electron chi connectivity index (χ2n) is 9.01. The van der Waals surface area contributed by atoms with E-state index >= 15 is 0 Å². The van der Waals surface area contributed by atoms with Gasteiger partial charge in [0.1, 0.15) is 0 Å². The predicted octanol–water partition coefficient (Wildman–Crippen LogP) is 3.27. The summed E-state index contributed by atoms with van der Waals surface area (Å²) in [6.07, 6.45) is 0.708. The van der Waals surface area contributed by atoms with Crippen molar-refractivity contribution in [2.75, 3.05) is 18.4 Å². The molecule has 1 N–H and O–H groups in total. The number of aryl methyl sites for hydroxylation is 1. The maximum Gasteiger partial charge on any atom is 0.322 e. The number of anilines is 1. The number of amides is 1. The maximum atomic E-state index is 12.9. The Labute approximate surface area is 210 Å². The smallest absolute Gasteiger partial charge is 0.322 e. The summed E-state index contributed by atoms with van der Waals surface area (Å²) < 4.78 is 57.6. The van der Waals surface area contributed by atoms with E-state index in [4.69, 9.17) is 4.42 Å². The van der Waals surface area contributed by atoms with Crippen molar-refractivity contribution in [3.63, 3.8) is 0 Å². The Morgan fingerprint density at radius 1 is 1.00 bits per heavy atom. The van der Waals surface area contributed by atoms with Crippen LogP contribution in [0.15, 0.2) is 62.7 Å². The van der Waals surface area contributed by atoms with Gasteiger partial charge in [0.2, 0.25) is 21.8 Å². The molecule has 1 fully saturated rings. The summed E-state index contributed by atoms with van der Waals surface area (Å²) >= 11 is 0. The maximum absolute atomic E-state index is 12.9. The van der Waals surface area contributed by atoms with Gasteiger partial charge >= 0.3 is 6.01 Å². The number of aromatic nitrogens is 2. The first-order valence-corrected chi connectivity index (χ1v) is 14.5. The van der Waals surface area contributed by atoms with Gasteiger partial charge in [0.25, 0.3) is 0 Å². The standard InChI is InChI=1S/C24H28N4O6S2/c1-16(2)35(30,31)21-6-4-5-19(15-21)23-26-27-24(34-23)25-22(29)18-11-13-28(14-12-18)36(32,33)20-9-7-17(3)8-10-20/h4-10,15-16,18H,11-14H2,1-3H3,(H,25,27,29). The van der Waals surface area contributed by atoms with E-state index in [-0.39, 0.29) is 40.7 Å². The summed E-state index contributed by atoms with van der Waals surface area (Å²) in [5.41, 5.74) is 1.39. The average molecular weight is 533 g/mol. The molecule has 0 radical (unpaired) electrons. The zero-order valence-corrected chi connectivity index (χ0v) is 21.8. The Morgan fingerprint density at radius 3 is 2.31 bits per heavy atom. The van der Waals surface area contributed by atoms with Crippen molar-refractivity contribution in [1.82, 2.24) is 14.5 Å². The Morgan fingerprint density at radius 2 is 1.67 bits per heavy atom. The number of piperidine rings is 1. The molecule has 1 aliphatic rings. The van der Waals surface area contributed by atoms with Crippen molar-refractivity contribution >= 4 is 31.8 Å². The number of nitrogens with zero attached hydrogens (tertiary/aromatic N) is 3. The fraction of sp³-hybridized carbons (Fsp3) is 0.375. The fourth-order valence-electron chi connectivity index (χ4n) is 3.89. The Kier molecular flexibility index (Phi) is 7.30. The molecule has 192 valence electrons. The average Bonchev–Trinajstić information content (AvgIpc) is 3.33. The Balaban J connectivity index is 1.39. The number of carbonyl (C=O) groups is 1. The van der Waals surface area contributed by atoms with Crippen LogP contribution in [-0.2, 0) is 24.7 Å². The summed E-state index contributed by atoms with van der Waals surface area (Å²) in [7, 11) is -7.09. The number of sulfonamides is 1. The van der Waals surface area contributed by atoms with Gasteiger partial charge in [0.05, 0.1) is 15.0 Å². The molecule has 3 aromatic rings. The molecule has 36 heavy (non-hydrogen) atoms. The zero-order chi connectivity index (χ0) is 26.1. The van der Waals surface area contributed by atoms with Crippen LogP contribution in [0, 0.1) is 12.8 Å². The molecule has 0 atom stereocenters. The van der Waals surface area contributed by atoms with E-state index < -0.39 is 31.0 Å². The molecular formula is C24H28N4O6S2. The molecule has 0 saturated carbocycles. The second kappa shape index (κ2) is 10.1. The minimum Gasteiger partial charge on any atom is -0.403 e. The topological polar surface area (TPSA) is 140 Å². The molecule has 12 heteroatoms. The summed E-state index contributed by atoms with van der Waals surface area (Å²) in [5.74, 6) is -0.678. The normalized spacial score (nSPS) is 15.8. The van der Waals surface area contributed by atoms with Gasteiger partial charge in [-0.3, -0.25) is 10.1 Å². The highest BCUT2D eigenvalue weighted by Gasteiger charge is 2.32. The molecular weight excluding hydrogens is 504 g/mol. The number of hydrogen-bond donors (Lipinski definition) is 1. The first kappa shape index (κ1) is 26.0. The van der Waals surface area contributed by atoms with Gasteiger partial charge in [-0.05, 0) is 63.9 Å². The molecule has 10 nitrogen and oxygen atoms in total. The summed E-state index contributed by atoms with van der Waals surface area (Å²) in [5, 5.41) is 9.78. The van der Waals surface area contributed by atoms with Gasteiger partial charge in [-0.2, -0.15) is 4.31 Å². The number of sulfone groups is 1. The highest BCUT2D eigenvalue weighted by atomic mass is 32.2. The molecule has 0 unspecified atom stereocenters. The van der Waals surface area contributed by atoms with Crippen molar-refractivity contribution in [2.45, 2.75) is 48.7 Å². The lowest BCUT2D eigenvalue weighted by Gasteiger charge is -2.30. The van der Waals surface area contributed by atoms with E-state index in [0.717, 1.165) is 5.56 Å². The number of nitrogens with one attached hydrogen (secondary N) is 1. The predicted molar refractivity (Wildman–Crippen MR) is 133 cm³/mol. The van der Waals surface area contributed by atoms with Crippen molar-refractivity contribution in [3.05, 3.63) is 54.1 Å². The van der Waals surface area contributed by atoms with Crippen molar-refractivity contribution < 1.29 is 26.0 Å². The molecule has 2 aromatic carbocycles. The number of hydrogen-bond acceptors (Lipinski definition) is 8. The quantitative estimate of drug-likeness (QED) is 0.489. The van der Waals surface area contributed by atoms with E-state index in [1.165, 1.54) is 16.4 Å². The summed E-state index contributed by atoms with van der Waals surface area (Å²) in [4.78, 5) is 13.1. The van der Waals surface area contributed by atoms with Gasteiger partial charge in [0, 0.05) is 24.6 Å². The lowest BCUT2D eigenvalue weighted by atomic mass is 9.97. The summed E-state index contributed by atoms with van der Waals surface area (Å²) in [6.45, 7) is 5.54. The van der Waals surface area contributed by atoms with Gasteiger partial charge in [-0.15, -0.1) is 5.10 Å². The molecule has 1 aromatic heterocycles. The third-order valence-electron chi connectivity index (χ3n) is 6.17. The minimum absolute atomic E-state index is 0.0742. The van der Waals surface area contributed by atoms with Crippen LogP contribution in [0.25, 0.3) is 11.5 Å². The van der Waals surface area contributed by atoms with Crippen LogP contribution in [0.5, 0.6) is 0 Å². The highest BCUT2D eigenvalue weighted by Crippen LogP contribution is 2.27. The molecule has 1 saturated heterocycles. The van der Waals surface area contributed by atoms with Gasteiger partial charge < -0.3 is 4.42 Å². The van der Waals surface area contributed by atoms with Crippen molar-refractivity contribution in [3.8, 4) is 11.5 Å². The lowest BCUT2D eigenvalue weighted by Crippen LogP contribution is -2.41. The third kappa shape index (κ3) is 5.35. The second-order valence-corrected chi connectivity index (χ2v) is 13.5. The van der Waals surface area contributed by atoms with Crippen LogP contribution in [0.1, 0.15) is 32.3 Å². The molecule has 1 aliphatic heterocycles. The van der Waals surface area contributed by atoms with E-state index in [1.807, 2.05) is 6.92 Å². The number of rotatable bonds is 7. The molecule has 1 amide bonds. The SMILES string of the molecule is Cc1ccc(S(=O)(=O)N2CCC(C(=O)Nc3nnc(-c4cccc(S(=O)(=O)C(C)C)c4)o3)CC2)cc1. The summed E-state index contributed by atoms with van der Waals surface area (Å²) in [6, 6.07) is 12.8. The Hall–Kier alpha value is -3.09. The van der Waals surface area contributed by atoms with Crippen LogP contribution in [0.3, 0.4) is 0 Å². The van der Waals surface area contributed by atoms with Crippen LogP contribution in [0.2, 0.25) is 0 Å².